The summed E-state index contributed by atoms with van der Waals surface area (Å²) in [6.45, 7) is 3.25. The second-order valence-electron chi connectivity index (χ2n) is 1.46. The van der Waals surface area contributed by atoms with Crippen molar-refractivity contribution in [2.24, 2.45) is 0 Å². The first-order valence-electron chi connectivity index (χ1n) is 2.12. The number of aliphatic carboxylic acids is 1. The molecule has 0 aliphatic carbocycles. The maximum atomic E-state index is 10.1. The zero-order chi connectivity index (χ0) is 6.73. The van der Waals surface area contributed by atoms with Crippen LogP contribution < -0.4 is 0 Å². The Morgan fingerprint density at radius 3 is 1.88 bits per heavy atom. The number of carboxylic acids is 1. The van der Waals surface area contributed by atoms with Crippen molar-refractivity contribution >= 4 is 21.9 Å². The Labute approximate surface area is 56.3 Å². The van der Waals surface area contributed by atoms with Crippen LogP contribution in [0.2, 0.25) is 0 Å². The van der Waals surface area contributed by atoms with Gasteiger partial charge in [-0.3, -0.25) is 0 Å². The van der Waals surface area contributed by atoms with E-state index in [0.717, 1.165) is 0 Å². The maximum Gasteiger partial charge on any atom is 0.332 e. The number of hydrogen-bond donors (Lipinski definition) is 1. The van der Waals surface area contributed by atoms with E-state index in [0.29, 0.717) is 10.1 Å². The molecule has 0 atom stereocenters. The van der Waals surface area contributed by atoms with E-state index >= 15 is 0 Å². The predicted octanol–water partition coefficient (Wildman–Crippen LogP) is 1.76. The summed E-state index contributed by atoms with van der Waals surface area (Å²) >= 11 is 3.04. The van der Waals surface area contributed by atoms with Crippen LogP contribution in [0, 0.1) is 0 Å². The number of carbonyl (C=O) groups is 1. The Balaban J connectivity index is 4.23. The van der Waals surface area contributed by atoms with Crippen molar-refractivity contribution in [2.75, 3.05) is 0 Å². The second kappa shape index (κ2) is 2.87. The second-order valence-corrected chi connectivity index (χ2v) is 2.65. The normalized spacial score (nSPS) is 12.9. The lowest BCUT2D eigenvalue weighted by atomic mass is 10.3. The minimum Gasteiger partial charge on any atom is -0.478 e. The Morgan fingerprint density at radius 1 is 1.50 bits per heavy atom. The lowest BCUT2D eigenvalue weighted by molar-refractivity contribution is -0.132. The summed E-state index contributed by atoms with van der Waals surface area (Å²) in [4.78, 5) is 10.1. The molecule has 0 aromatic carbocycles. The molecule has 3 heteroatoms. The average molecular weight is 179 g/mol. The fourth-order valence-electron chi connectivity index (χ4n) is 0.147. The Hall–Kier alpha value is -0.310. The lowest BCUT2D eigenvalue weighted by Gasteiger charge is -1.90. The van der Waals surface area contributed by atoms with Gasteiger partial charge >= 0.3 is 5.97 Å². The van der Waals surface area contributed by atoms with Crippen LogP contribution >= 0.6 is 15.9 Å². The van der Waals surface area contributed by atoms with E-state index in [1.54, 1.807) is 13.8 Å². The van der Waals surface area contributed by atoms with Crippen LogP contribution in [-0.4, -0.2) is 11.1 Å². The van der Waals surface area contributed by atoms with Crippen molar-refractivity contribution in [1.82, 2.24) is 0 Å². The molecule has 0 spiro atoms. The molecule has 0 radical (unpaired) electrons. The standard InChI is InChI=1S/C5H7BrO2/c1-3(4(2)6)5(7)8/h1-2H3,(H,7,8)/b4-3+. The van der Waals surface area contributed by atoms with Gasteiger partial charge in [-0.1, -0.05) is 15.9 Å². The minimum atomic E-state index is -0.876. The molecule has 0 heterocycles. The molecule has 46 valence electrons. The molecule has 0 bridgehead atoms. The van der Waals surface area contributed by atoms with Gasteiger partial charge in [-0.15, -0.1) is 0 Å². The maximum absolute atomic E-state index is 10.1. The molecular weight excluding hydrogens is 172 g/mol. The van der Waals surface area contributed by atoms with E-state index in [4.69, 9.17) is 5.11 Å². The van der Waals surface area contributed by atoms with Crippen molar-refractivity contribution in [2.45, 2.75) is 13.8 Å². The highest BCUT2D eigenvalue weighted by atomic mass is 79.9. The third-order valence-corrected chi connectivity index (χ3v) is 1.43. The van der Waals surface area contributed by atoms with Gasteiger partial charge in [0.1, 0.15) is 0 Å². The highest BCUT2D eigenvalue weighted by Gasteiger charge is 2.00. The van der Waals surface area contributed by atoms with Crippen molar-refractivity contribution in [3.8, 4) is 0 Å². The summed E-state index contributed by atoms with van der Waals surface area (Å²) in [7, 11) is 0. The van der Waals surface area contributed by atoms with Gasteiger partial charge < -0.3 is 5.11 Å². The zero-order valence-corrected chi connectivity index (χ0v) is 6.32. The number of rotatable bonds is 1. The molecule has 8 heavy (non-hydrogen) atoms. The Kier molecular flexibility index (Phi) is 2.76. The van der Waals surface area contributed by atoms with Gasteiger partial charge in [0.15, 0.2) is 0 Å². The van der Waals surface area contributed by atoms with Crippen molar-refractivity contribution in [1.29, 1.82) is 0 Å². The third-order valence-electron chi connectivity index (χ3n) is 0.838. The summed E-state index contributed by atoms with van der Waals surface area (Å²) in [5.41, 5.74) is 0.352. The molecule has 0 aliphatic rings. The van der Waals surface area contributed by atoms with Gasteiger partial charge in [-0.25, -0.2) is 4.79 Å². The molecular formula is C5H7BrO2. The summed E-state index contributed by atoms with van der Waals surface area (Å²) in [6.07, 6.45) is 0. The molecule has 0 unspecified atom stereocenters. The van der Waals surface area contributed by atoms with E-state index in [1.807, 2.05) is 0 Å². The van der Waals surface area contributed by atoms with Crippen LogP contribution in [0.4, 0.5) is 0 Å². The largest absolute Gasteiger partial charge is 0.478 e. The average Bonchev–Trinajstić information content (AvgIpc) is 1.64. The van der Waals surface area contributed by atoms with Crippen molar-refractivity contribution in [3.05, 3.63) is 10.1 Å². The number of allylic oxidation sites excluding steroid dienone is 1. The molecule has 0 aliphatic heterocycles. The van der Waals surface area contributed by atoms with Crippen LogP contribution in [0.1, 0.15) is 13.8 Å². The van der Waals surface area contributed by atoms with E-state index in [2.05, 4.69) is 15.9 Å². The van der Waals surface area contributed by atoms with Crippen LogP contribution in [-0.2, 0) is 4.79 Å². The SMILES string of the molecule is C/C(Br)=C(/C)C(=O)O. The Morgan fingerprint density at radius 2 is 1.88 bits per heavy atom. The molecule has 0 rings (SSSR count). The van der Waals surface area contributed by atoms with Crippen LogP contribution in [0.3, 0.4) is 0 Å². The van der Waals surface area contributed by atoms with Gasteiger partial charge in [0.05, 0.1) is 0 Å². The van der Waals surface area contributed by atoms with E-state index in [1.165, 1.54) is 0 Å². The first-order valence-corrected chi connectivity index (χ1v) is 2.91. The molecule has 1 N–H and O–H groups in total. The van der Waals surface area contributed by atoms with Crippen LogP contribution in [0.25, 0.3) is 0 Å². The van der Waals surface area contributed by atoms with Gasteiger partial charge in [0, 0.05) is 10.1 Å². The monoisotopic (exact) mass is 178 g/mol. The fourth-order valence-corrected chi connectivity index (χ4v) is 0.317. The van der Waals surface area contributed by atoms with Gasteiger partial charge in [-0.2, -0.15) is 0 Å². The topological polar surface area (TPSA) is 37.3 Å². The molecule has 2 nitrogen and oxygen atoms in total. The summed E-state index contributed by atoms with van der Waals surface area (Å²) < 4.78 is 0.671. The smallest absolute Gasteiger partial charge is 0.332 e. The van der Waals surface area contributed by atoms with Crippen LogP contribution in [0.15, 0.2) is 10.1 Å². The molecule has 0 saturated heterocycles. The highest BCUT2D eigenvalue weighted by molar-refractivity contribution is 9.11. The summed E-state index contributed by atoms with van der Waals surface area (Å²) in [5, 5.41) is 8.26. The lowest BCUT2D eigenvalue weighted by Crippen LogP contribution is -1.96. The number of hydrogen-bond acceptors (Lipinski definition) is 1. The quantitative estimate of drug-likeness (QED) is 0.622. The zero-order valence-electron chi connectivity index (χ0n) is 4.73. The number of carboxylic acid groups (broad SMARTS) is 1. The third kappa shape index (κ3) is 2.12. The molecule has 0 saturated carbocycles. The summed E-state index contributed by atoms with van der Waals surface area (Å²) in [6, 6.07) is 0. The molecule has 0 aromatic heterocycles. The van der Waals surface area contributed by atoms with E-state index in [-0.39, 0.29) is 0 Å². The molecule has 0 aromatic rings. The number of halogens is 1. The fraction of sp³-hybridized carbons (Fsp3) is 0.400. The minimum absolute atomic E-state index is 0.352. The predicted molar refractivity (Wildman–Crippen MR) is 34.9 cm³/mol. The van der Waals surface area contributed by atoms with E-state index < -0.39 is 5.97 Å². The first kappa shape index (κ1) is 7.69. The highest BCUT2D eigenvalue weighted by Crippen LogP contribution is 2.09. The van der Waals surface area contributed by atoms with Gasteiger partial charge in [0.2, 0.25) is 0 Å². The Bertz CT molecular complexity index is 133. The molecule has 0 fully saturated rings. The van der Waals surface area contributed by atoms with Crippen molar-refractivity contribution < 1.29 is 9.90 Å². The summed E-state index contributed by atoms with van der Waals surface area (Å²) in [5.74, 6) is -0.876. The first-order chi connectivity index (χ1) is 3.55. The van der Waals surface area contributed by atoms with Gasteiger partial charge in [-0.05, 0) is 13.8 Å². The van der Waals surface area contributed by atoms with Crippen LogP contribution in [0.5, 0.6) is 0 Å². The van der Waals surface area contributed by atoms with E-state index in [9.17, 15) is 4.79 Å². The van der Waals surface area contributed by atoms with Gasteiger partial charge in [0.25, 0.3) is 0 Å². The molecule has 0 amide bonds. The van der Waals surface area contributed by atoms with Crippen molar-refractivity contribution in [3.63, 3.8) is 0 Å².